The lowest BCUT2D eigenvalue weighted by Crippen LogP contribution is -2.27. The van der Waals surface area contributed by atoms with Gasteiger partial charge >= 0.3 is 0 Å². The van der Waals surface area contributed by atoms with Crippen LogP contribution in [-0.4, -0.2) is 0 Å². The Kier molecular flexibility index (Phi) is 4.46. The molecule has 6 rings (SSSR count). The number of rotatable bonds is 1. The van der Waals surface area contributed by atoms with E-state index < -0.39 is 0 Å². The fourth-order valence-electron chi connectivity index (χ4n) is 4.29. The monoisotopic (exact) mass is 456 g/mol. The molecule has 4 nitrogen and oxygen atoms in total. The molecule has 2 heterocycles. The second kappa shape index (κ2) is 7.37. The number of hydrogen-bond donors (Lipinski definition) is 1. The molecule has 1 atom stereocenters. The van der Waals surface area contributed by atoms with Gasteiger partial charge in [0.05, 0.1) is 39.5 Å². The van der Waals surface area contributed by atoms with Crippen molar-refractivity contribution in [2.24, 2.45) is 9.98 Å². The van der Waals surface area contributed by atoms with E-state index in [-0.39, 0.29) is 6.04 Å². The summed E-state index contributed by atoms with van der Waals surface area (Å²) in [6.45, 7) is 2.07. The average Bonchev–Trinajstić information content (AvgIpc) is 2.79. The molecule has 6 heteroatoms. The first-order chi connectivity index (χ1) is 15.6. The molecule has 0 saturated carbocycles. The zero-order valence-corrected chi connectivity index (χ0v) is 18.7. The summed E-state index contributed by atoms with van der Waals surface area (Å²) in [4.78, 5) is 12.2. The average molecular weight is 457 g/mol. The second-order valence-corrected chi connectivity index (χ2v) is 8.78. The fourth-order valence-corrected chi connectivity index (χ4v) is 4.69. The lowest BCUT2D eigenvalue weighted by molar-refractivity contribution is 0.788. The molecule has 0 aliphatic carbocycles. The highest BCUT2D eigenvalue weighted by molar-refractivity contribution is 6.31. The Morgan fingerprint density at radius 2 is 1.66 bits per heavy atom. The van der Waals surface area contributed by atoms with Crippen molar-refractivity contribution in [1.82, 2.24) is 0 Å². The highest BCUT2D eigenvalue weighted by atomic mass is 35.5. The maximum absolute atomic E-state index is 6.44. The van der Waals surface area contributed by atoms with Crippen LogP contribution in [0.1, 0.15) is 18.5 Å². The second-order valence-electron chi connectivity index (χ2n) is 7.94. The maximum atomic E-state index is 6.44. The molecule has 0 radical (unpaired) electrons. The van der Waals surface area contributed by atoms with Crippen LogP contribution < -0.4 is 20.9 Å². The molecule has 0 saturated heterocycles. The molecule has 4 aromatic rings. The summed E-state index contributed by atoms with van der Waals surface area (Å²) in [5.74, 6) is 0. The van der Waals surface area contributed by atoms with Gasteiger partial charge in [-0.3, -0.25) is 4.99 Å². The largest absolute Gasteiger partial charge is 0.354 e. The summed E-state index contributed by atoms with van der Waals surface area (Å²) in [6.07, 6.45) is 0. The normalized spacial score (nSPS) is 15.7. The number of anilines is 5. The molecule has 156 valence electrons. The maximum Gasteiger partial charge on any atom is 0.0900 e. The third-order valence-electron chi connectivity index (χ3n) is 5.84. The minimum atomic E-state index is -0.0712. The predicted octanol–water partition coefficient (Wildman–Crippen LogP) is 7.17. The van der Waals surface area contributed by atoms with Crippen molar-refractivity contribution in [1.29, 1.82) is 0 Å². The molecule has 0 spiro atoms. The number of fused-ring (bicyclic) bond motifs is 5. The fraction of sp³-hybridized carbons (Fsp3) is 0.0769. The molecule has 2 aliphatic rings. The Balaban J connectivity index is 1.62. The van der Waals surface area contributed by atoms with E-state index >= 15 is 0 Å². The molecule has 32 heavy (non-hydrogen) atoms. The van der Waals surface area contributed by atoms with Gasteiger partial charge < -0.3 is 10.2 Å². The Labute approximate surface area is 195 Å². The number of benzene rings is 4. The molecular formula is C26H18Cl2N4. The van der Waals surface area contributed by atoms with Gasteiger partial charge in [0.25, 0.3) is 0 Å². The number of nitrogens with zero attached hydrogens (tertiary/aromatic N) is 3. The van der Waals surface area contributed by atoms with Crippen LogP contribution in [0.4, 0.5) is 34.1 Å². The smallest absolute Gasteiger partial charge is 0.0900 e. The number of nitrogens with one attached hydrogen (secondary N) is 1. The first kappa shape index (κ1) is 19.4. The predicted molar refractivity (Wildman–Crippen MR) is 131 cm³/mol. The number of para-hydroxylation sites is 2. The SMILES string of the molecule is CC1N=c2cc3c(cc2Nc2ccc(Cl)c1c2)=Nc1ccccc1N3c1ccc(Cl)cc1. The first-order valence-electron chi connectivity index (χ1n) is 10.4. The van der Waals surface area contributed by atoms with Crippen LogP contribution in [0, 0.1) is 0 Å². The van der Waals surface area contributed by atoms with E-state index in [9.17, 15) is 0 Å². The van der Waals surface area contributed by atoms with E-state index in [1.54, 1.807) is 0 Å². The van der Waals surface area contributed by atoms with E-state index in [1.807, 2.05) is 54.6 Å². The summed E-state index contributed by atoms with van der Waals surface area (Å²) >= 11 is 12.6. The van der Waals surface area contributed by atoms with Crippen LogP contribution >= 0.6 is 23.2 Å². The Hall–Kier alpha value is -3.34. The van der Waals surface area contributed by atoms with Crippen molar-refractivity contribution in [2.45, 2.75) is 13.0 Å². The van der Waals surface area contributed by atoms with Crippen molar-refractivity contribution < 1.29 is 0 Å². The van der Waals surface area contributed by atoms with Gasteiger partial charge in [-0.25, -0.2) is 4.99 Å². The Morgan fingerprint density at radius 1 is 0.844 bits per heavy atom. The Bertz CT molecular complexity index is 1500. The molecule has 1 N–H and O–H groups in total. The van der Waals surface area contributed by atoms with Crippen molar-refractivity contribution in [2.75, 3.05) is 10.2 Å². The van der Waals surface area contributed by atoms with Crippen LogP contribution in [0.2, 0.25) is 10.0 Å². The van der Waals surface area contributed by atoms with Crippen LogP contribution in [0.5, 0.6) is 0 Å². The quantitative estimate of drug-likeness (QED) is 0.290. The molecule has 2 bridgehead atoms. The van der Waals surface area contributed by atoms with E-state index in [0.29, 0.717) is 5.02 Å². The van der Waals surface area contributed by atoms with Gasteiger partial charge in [0, 0.05) is 21.4 Å². The standard InChI is InChI=1S/C26H18Cl2N4/c1-15-19-12-17(8-11-20(19)28)30-22-13-24-26(14-23(22)29-15)32(18-9-6-16(27)7-10-18)25-5-3-2-4-21(25)31-24/h2-15,30H,1H3. The minimum absolute atomic E-state index is 0.0712. The summed E-state index contributed by atoms with van der Waals surface area (Å²) in [7, 11) is 0. The number of hydrogen-bond acceptors (Lipinski definition) is 4. The van der Waals surface area contributed by atoms with E-state index in [1.165, 1.54) is 0 Å². The van der Waals surface area contributed by atoms with Crippen LogP contribution in [0.15, 0.2) is 88.8 Å². The summed E-state index contributed by atoms with van der Waals surface area (Å²) in [5, 5.41) is 6.67. The third-order valence-corrected chi connectivity index (χ3v) is 6.44. The zero-order valence-electron chi connectivity index (χ0n) is 17.2. The van der Waals surface area contributed by atoms with Crippen molar-refractivity contribution >= 4 is 57.3 Å². The van der Waals surface area contributed by atoms with Gasteiger partial charge in [0.15, 0.2) is 0 Å². The highest BCUT2D eigenvalue weighted by Crippen LogP contribution is 2.41. The molecule has 0 aromatic heterocycles. The highest BCUT2D eigenvalue weighted by Gasteiger charge is 2.23. The van der Waals surface area contributed by atoms with Gasteiger partial charge in [0.2, 0.25) is 0 Å². The third kappa shape index (κ3) is 3.15. The van der Waals surface area contributed by atoms with Gasteiger partial charge in [0.1, 0.15) is 0 Å². The summed E-state index contributed by atoms with van der Waals surface area (Å²) < 4.78 is 0. The van der Waals surface area contributed by atoms with Crippen molar-refractivity contribution in [3.8, 4) is 0 Å². The summed E-state index contributed by atoms with van der Waals surface area (Å²) in [5.41, 5.74) is 6.82. The van der Waals surface area contributed by atoms with Gasteiger partial charge in [-0.05, 0) is 79.2 Å². The van der Waals surface area contributed by atoms with Gasteiger partial charge in [-0.2, -0.15) is 0 Å². The van der Waals surface area contributed by atoms with E-state index in [2.05, 4.69) is 41.4 Å². The van der Waals surface area contributed by atoms with Gasteiger partial charge in [-0.15, -0.1) is 0 Å². The van der Waals surface area contributed by atoms with Crippen LogP contribution in [0.25, 0.3) is 0 Å². The molecule has 0 fully saturated rings. The Morgan fingerprint density at radius 3 is 2.50 bits per heavy atom. The van der Waals surface area contributed by atoms with Gasteiger partial charge in [-0.1, -0.05) is 35.3 Å². The van der Waals surface area contributed by atoms with Crippen LogP contribution in [0.3, 0.4) is 0 Å². The van der Waals surface area contributed by atoms with Crippen LogP contribution in [-0.2, 0) is 0 Å². The van der Waals surface area contributed by atoms with Crippen molar-refractivity contribution in [3.05, 3.63) is 105 Å². The minimum Gasteiger partial charge on any atom is -0.354 e. The number of halogens is 2. The molecular weight excluding hydrogens is 439 g/mol. The van der Waals surface area contributed by atoms with E-state index in [4.69, 9.17) is 33.2 Å². The first-order valence-corrected chi connectivity index (χ1v) is 11.1. The molecule has 1 unspecified atom stereocenters. The molecule has 0 amide bonds. The lowest BCUT2D eigenvalue weighted by atomic mass is 10.1. The zero-order chi connectivity index (χ0) is 21.8. The molecule has 4 aromatic carbocycles. The topological polar surface area (TPSA) is 40.0 Å². The summed E-state index contributed by atoms with van der Waals surface area (Å²) in [6, 6.07) is 26.0. The lowest BCUT2D eigenvalue weighted by Gasteiger charge is -2.30. The van der Waals surface area contributed by atoms with Crippen molar-refractivity contribution in [3.63, 3.8) is 0 Å². The van der Waals surface area contributed by atoms with E-state index in [0.717, 1.165) is 55.4 Å². The molecule has 2 aliphatic heterocycles.